The molecule has 0 aliphatic heterocycles. The molecule has 0 saturated carbocycles. The molecule has 1 rings (SSSR count). The Labute approximate surface area is 153 Å². The molecule has 0 radical (unpaired) electrons. The van der Waals surface area contributed by atoms with Crippen molar-refractivity contribution in [1.82, 2.24) is 5.09 Å². The van der Waals surface area contributed by atoms with E-state index < -0.39 is 18.4 Å². The molecule has 0 amide bonds. The molecule has 0 aliphatic carbocycles. The van der Waals surface area contributed by atoms with Gasteiger partial charge in [-0.3, -0.25) is 5.09 Å². The summed E-state index contributed by atoms with van der Waals surface area (Å²) in [7, 11) is 0. The minimum atomic E-state index is -3.29. The van der Waals surface area contributed by atoms with Crippen LogP contribution < -0.4 is 58.1 Å². The second-order valence-corrected chi connectivity index (χ2v) is 8.08. The number of carbonyl (C=O) groups excluding carboxylic acids is 1. The fraction of sp³-hybridized carbons (Fsp3) is 0.364. The molecule has 1 unspecified atom stereocenters. The molecular formula is C11H14Li2NO3PS2. The molecule has 20 heavy (non-hydrogen) atoms. The van der Waals surface area contributed by atoms with E-state index in [0.29, 0.717) is 17.5 Å². The molecule has 0 aromatic heterocycles. The van der Waals surface area contributed by atoms with Crippen LogP contribution in [0.4, 0.5) is 0 Å². The number of thioether (sulfide) groups is 1. The third-order valence-corrected chi connectivity index (χ3v) is 5.54. The standard InChI is InChI=1S/C11H16NO3PS2.2Li/c1-18-8-7-10(11(13)14)12-16(15,17)9-5-3-2-4-6-9;;/h2-6,10H,7-8H2,1H3,(H,13,14)(H2,12,15,17);;/q;2*+1/p-2/t10-,16?;;/m0../s1. The Bertz CT molecular complexity index is 451. The molecule has 0 heterocycles. The Hall–Kier alpha value is 0.805. The summed E-state index contributed by atoms with van der Waals surface area (Å²) >= 11 is 6.52. The van der Waals surface area contributed by atoms with E-state index in [0.717, 1.165) is 0 Å². The van der Waals surface area contributed by atoms with Crippen LogP contribution in [0.1, 0.15) is 6.42 Å². The van der Waals surface area contributed by atoms with Gasteiger partial charge in [0.05, 0.1) is 12.0 Å². The first kappa shape index (κ1) is 23.1. The predicted octanol–water partition coefficient (Wildman–Crippen LogP) is -6.55. The zero-order chi connectivity index (χ0) is 13.6. The van der Waals surface area contributed by atoms with E-state index in [2.05, 4.69) is 5.09 Å². The number of carbonyl (C=O) groups is 1. The molecule has 9 heteroatoms. The van der Waals surface area contributed by atoms with Gasteiger partial charge in [-0.2, -0.15) is 11.8 Å². The van der Waals surface area contributed by atoms with E-state index in [-0.39, 0.29) is 37.7 Å². The molecule has 100 valence electrons. The van der Waals surface area contributed by atoms with E-state index in [1.54, 1.807) is 30.3 Å². The van der Waals surface area contributed by atoms with Gasteiger partial charge in [-0.25, -0.2) is 0 Å². The smallest absolute Gasteiger partial charge is 0.807 e. The number of hydrogen-bond donors (Lipinski definition) is 1. The summed E-state index contributed by atoms with van der Waals surface area (Å²) in [4.78, 5) is 23.3. The predicted molar refractivity (Wildman–Crippen MR) is 75.3 cm³/mol. The first-order valence-corrected chi connectivity index (χ1v) is 9.43. The Morgan fingerprint density at radius 1 is 1.40 bits per heavy atom. The molecule has 2 atom stereocenters. The molecule has 1 N–H and O–H groups in total. The maximum atomic E-state index is 12.3. The summed E-state index contributed by atoms with van der Waals surface area (Å²) in [6, 6.07) is 7.48. The van der Waals surface area contributed by atoms with Gasteiger partial charge >= 0.3 is 37.7 Å². The van der Waals surface area contributed by atoms with Gasteiger partial charge in [0.15, 0.2) is 0 Å². The number of hydrogen-bond acceptors (Lipinski definition) is 5. The Kier molecular flexibility index (Phi) is 13.1. The van der Waals surface area contributed by atoms with Crippen molar-refractivity contribution in [2.75, 3.05) is 12.0 Å². The second-order valence-electron chi connectivity index (χ2n) is 3.67. The van der Waals surface area contributed by atoms with Gasteiger partial charge in [0.25, 0.3) is 0 Å². The van der Waals surface area contributed by atoms with E-state index in [9.17, 15) is 14.8 Å². The SMILES string of the molecule is CSCC[C@H](NP([O-])(=S)c1ccccc1)C(=O)[O-].[Li+].[Li+]. The summed E-state index contributed by atoms with van der Waals surface area (Å²) in [6.07, 6.45) is -1.09. The molecule has 0 aliphatic rings. The van der Waals surface area contributed by atoms with E-state index in [1.165, 1.54) is 11.8 Å². The van der Waals surface area contributed by atoms with Crippen LogP contribution in [0.15, 0.2) is 30.3 Å². The average molecular weight is 317 g/mol. The molecule has 1 aromatic rings. The number of carboxylic acid groups (broad SMARTS) is 1. The van der Waals surface area contributed by atoms with Gasteiger partial charge in [-0.05, 0) is 30.1 Å². The topological polar surface area (TPSA) is 75.2 Å². The Morgan fingerprint density at radius 2 is 1.95 bits per heavy atom. The van der Waals surface area contributed by atoms with Crippen molar-refractivity contribution < 1.29 is 52.5 Å². The van der Waals surface area contributed by atoms with E-state index in [1.807, 2.05) is 6.26 Å². The fourth-order valence-electron chi connectivity index (χ4n) is 1.37. The van der Waals surface area contributed by atoms with E-state index >= 15 is 0 Å². The van der Waals surface area contributed by atoms with Gasteiger partial charge in [0.2, 0.25) is 0 Å². The van der Waals surface area contributed by atoms with Crippen molar-refractivity contribution in [1.29, 1.82) is 0 Å². The van der Waals surface area contributed by atoms with Gasteiger partial charge < -0.3 is 14.8 Å². The third-order valence-electron chi connectivity index (χ3n) is 2.32. The number of aliphatic carboxylic acids is 1. The van der Waals surface area contributed by atoms with Crippen LogP contribution in [0.5, 0.6) is 0 Å². The first-order chi connectivity index (χ1) is 8.47. The molecular weight excluding hydrogens is 303 g/mol. The van der Waals surface area contributed by atoms with Crippen LogP contribution in [0.2, 0.25) is 0 Å². The summed E-state index contributed by atoms with van der Waals surface area (Å²) in [5.41, 5.74) is 0. The monoisotopic (exact) mass is 317 g/mol. The van der Waals surface area contributed by atoms with Crippen molar-refractivity contribution in [3.05, 3.63) is 30.3 Å². The minimum absolute atomic E-state index is 0. The van der Waals surface area contributed by atoms with Crippen LogP contribution in [-0.2, 0) is 16.6 Å². The molecule has 0 spiro atoms. The fourth-order valence-corrected chi connectivity index (χ4v) is 3.95. The van der Waals surface area contributed by atoms with Crippen LogP contribution in [0.25, 0.3) is 0 Å². The van der Waals surface area contributed by atoms with Crippen molar-refractivity contribution >= 4 is 41.3 Å². The quantitative estimate of drug-likeness (QED) is 0.398. The number of rotatable bonds is 7. The molecule has 4 nitrogen and oxygen atoms in total. The average Bonchev–Trinajstić information content (AvgIpc) is 2.35. The van der Waals surface area contributed by atoms with E-state index in [4.69, 9.17) is 11.8 Å². The molecule has 0 bridgehead atoms. The largest absolute Gasteiger partial charge is 1.00 e. The zero-order valence-corrected chi connectivity index (χ0v) is 14.4. The van der Waals surface area contributed by atoms with Crippen molar-refractivity contribution in [2.24, 2.45) is 0 Å². The summed E-state index contributed by atoms with van der Waals surface area (Å²) in [5, 5.41) is 13.9. The normalized spacial score (nSPS) is 14.3. The first-order valence-electron chi connectivity index (χ1n) is 5.31. The minimum Gasteiger partial charge on any atom is -0.807 e. The van der Waals surface area contributed by atoms with Crippen LogP contribution >= 0.6 is 18.2 Å². The zero-order valence-electron chi connectivity index (χ0n) is 11.9. The maximum absolute atomic E-state index is 12.3. The molecule has 0 fully saturated rings. The van der Waals surface area contributed by atoms with Gasteiger partial charge in [0, 0.05) is 0 Å². The summed E-state index contributed by atoms with van der Waals surface area (Å²) in [5.74, 6) is -0.638. The Balaban J connectivity index is 0. The van der Waals surface area contributed by atoms with Crippen LogP contribution in [-0.4, -0.2) is 24.0 Å². The summed E-state index contributed by atoms with van der Waals surface area (Å²) < 4.78 is 0. The van der Waals surface area contributed by atoms with Crippen molar-refractivity contribution in [3.63, 3.8) is 0 Å². The van der Waals surface area contributed by atoms with Crippen LogP contribution in [0, 0.1) is 0 Å². The number of carboxylic acids is 1. The van der Waals surface area contributed by atoms with Gasteiger partial charge in [0.1, 0.15) is 0 Å². The van der Waals surface area contributed by atoms with Gasteiger partial charge in [-0.15, -0.1) is 0 Å². The van der Waals surface area contributed by atoms with Gasteiger partial charge in [-0.1, -0.05) is 42.1 Å². The number of nitrogens with one attached hydrogen (secondary N) is 1. The molecule has 0 saturated heterocycles. The number of benzene rings is 1. The second kappa shape index (κ2) is 11.4. The third kappa shape index (κ3) is 7.71. The van der Waals surface area contributed by atoms with Crippen molar-refractivity contribution in [3.8, 4) is 0 Å². The summed E-state index contributed by atoms with van der Waals surface area (Å²) in [6.45, 7) is 0. The van der Waals surface area contributed by atoms with Crippen LogP contribution in [0.3, 0.4) is 0 Å². The maximum Gasteiger partial charge on any atom is 1.00 e. The van der Waals surface area contributed by atoms with Crippen molar-refractivity contribution in [2.45, 2.75) is 12.5 Å². The Morgan fingerprint density at radius 3 is 2.40 bits per heavy atom. The molecule has 1 aromatic carbocycles.